The Hall–Kier alpha value is -2.22. The molecule has 0 aliphatic rings. The predicted molar refractivity (Wildman–Crippen MR) is 70.0 cm³/mol. The number of furan rings is 1. The van der Waals surface area contributed by atoms with Crippen molar-refractivity contribution in [1.82, 2.24) is 4.98 Å². The fourth-order valence-corrected chi connectivity index (χ4v) is 2.13. The van der Waals surface area contributed by atoms with Crippen molar-refractivity contribution in [1.29, 1.82) is 0 Å². The fourth-order valence-electron chi connectivity index (χ4n) is 1.42. The maximum absolute atomic E-state index is 11.4. The van der Waals surface area contributed by atoms with Gasteiger partial charge in [0.2, 0.25) is 5.91 Å². The number of amides is 1. The number of nitrogens with zero attached hydrogens (tertiary/aromatic N) is 2. The molecule has 8 heteroatoms. The maximum atomic E-state index is 11.4. The van der Waals surface area contributed by atoms with Gasteiger partial charge in [-0.25, -0.2) is 4.98 Å². The van der Waals surface area contributed by atoms with Crippen LogP contribution in [0.3, 0.4) is 0 Å². The Morgan fingerprint density at radius 2 is 2.37 bits per heavy atom. The van der Waals surface area contributed by atoms with Crippen LogP contribution in [0, 0.1) is 10.1 Å². The van der Waals surface area contributed by atoms with Gasteiger partial charge in [0.25, 0.3) is 0 Å². The van der Waals surface area contributed by atoms with Gasteiger partial charge in [-0.2, -0.15) is 0 Å². The zero-order valence-electron chi connectivity index (χ0n) is 10.1. The van der Waals surface area contributed by atoms with E-state index in [4.69, 9.17) is 4.42 Å². The van der Waals surface area contributed by atoms with Gasteiger partial charge in [0.05, 0.1) is 6.07 Å². The minimum Gasteiger partial charge on any atom is -0.399 e. The van der Waals surface area contributed by atoms with Crippen molar-refractivity contribution < 1.29 is 14.1 Å². The first kappa shape index (κ1) is 13.2. The van der Waals surface area contributed by atoms with Crippen LogP contribution in [0.1, 0.15) is 19.8 Å². The smallest absolute Gasteiger partial charge is 0.399 e. The van der Waals surface area contributed by atoms with Gasteiger partial charge in [0.15, 0.2) is 10.9 Å². The minimum absolute atomic E-state index is 0.103. The molecule has 2 rings (SSSR count). The van der Waals surface area contributed by atoms with Gasteiger partial charge in [0.1, 0.15) is 10.6 Å². The highest BCUT2D eigenvalue weighted by Gasteiger charge is 2.15. The number of rotatable bonds is 5. The molecule has 0 unspecified atom stereocenters. The lowest BCUT2D eigenvalue weighted by Gasteiger charge is -1.97. The largest absolute Gasteiger partial charge is 0.433 e. The first-order valence-corrected chi connectivity index (χ1v) is 6.48. The zero-order valence-corrected chi connectivity index (χ0v) is 10.9. The summed E-state index contributed by atoms with van der Waals surface area (Å²) in [6.07, 6.45) is 1.19. The van der Waals surface area contributed by atoms with Gasteiger partial charge in [-0.3, -0.25) is 14.9 Å². The molecule has 19 heavy (non-hydrogen) atoms. The normalized spacial score (nSPS) is 10.4. The van der Waals surface area contributed by atoms with Crippen LogP contribution in [0.15, 0.2) is 21.9 Å². The third kappa shape index (κ3) is 3.16. The van der Waals surface area contributed by atoms with Crippen molar-refractivity contribution in [2.75, 3.05) is 5.32 Å². The van der Waals surface area contributed by atoms with Crippen molar-refractivity contribution >= 4 is 28.3 Å². The molecule has 0 aliphatic heterocycles. The summed E-state index contributed by atoms with van der Waals surface area (Å²) in [5.74, 6) is -0.132. The topological polar surface area (TPSA) is 98.3 Å². The number of carbonyl (C=O) groups is 1. The molecule has 2 aromatic rings. The molecule has 7 nitrogen and oxygen atoms in total. The average Bonchev–Trinajstić information content (AvgIpc) is 2.96. The number of nitro groups is 1. The van der Waals surface area contributed by atoms with E-state index in [-0.39, 0.29) is 11.8 Å². The summed E-state index contributed by atoms with van der Waals surface area (Å²) in [5, 5.41) is 15.3. The minimum atomic E-state index is -0.611. The molecule has 0 atom stereocenters. The van der Waals surface area contributed by atoms with E-state index in [1.54, 1.807) is 5.38 Å². The predicted octanol–water partition coefficient (Wildman–Crippen LogP) is 3.05. The van der Waals surface area contributed by atoms with Crippen molar-refractivity contribution in [3.05, 3.63) is 27.6 Å². The summed E-state index contributed by atoms with van der Waals surface area (Å²) in [6, 6.07) is 2.74. The molecule has 1 amide bonds. The number of thiazole rings is 1. The Morgan fingerprint density at radius 1 is 1.58 bits per heavy atom. The second-order valence-electron chi connectivity index (χ2n) is 3.73. The zero-order chi connectivity index (χ0) is 13.8. The molecule has 100 valence electrons. The summed E-state index contributed by atoms with van der Waals surface area (Å²) in [4.78, 5) is 25.4. The van der Waals surface area contributed by atoms with Crippen molar-refractivity contribution in [3.63, 3.8) is 0 Å². The second kappa shape index (κ2) is 5.61. The third-order valence-corrected chi connectivity index (χ3v) is 3.01. The Morgan fingerprint density at radius 3 is 3.00 bits per heavy atom. The molecule has 0 fully saturated rings. The molecule has 0 bridgehead atoms. The Labute approximate surface area is 112 Å². The molecule has 1 N–H and O–H groups in total. The Kier molecular flexibility index (Phi) is 3.91. The van der Waals surface area contributed by atoms with E-state index >= 15 is 0 Å². The molecule has 0 saturated heterocycles. The van der Waals surface area contributed by atoms with Gasteiger partial charge in [-0.1, -0.05) is 6.92 Å². The lowest BCUT2D eigenvalue weighted by molar-refractivity contribution is -0.401. The van der Waals surface area contributed by atoms with Crippen molar-refractivity contribution in [3.8, 4) is 11.5 Å². The van der Waals surface area contributed by atoms with E-state index < -0.39 is 4.92 Å². The lowest BCUT2D eigenvalue weighted by Crippen LogP contribution is -2.10. The average molecular weight is 281 g/mol. The lowest BCUT2D eigenvalue weighted by atomic mass is 10.3. The van der Waals surface area contributed by atoms with E-state index in [1.165, 1.54) is 23.5 Å². The molecule has 2 heterocycles. The highest BCUT2D eigenvalue weighted by molar-refractivity contribution is 7.14. The Bertz CT molecular complexity index is 605. The molecule has 2 aromatic heterocycles. The number of anilines is 1. The van der Waals surface area contributed by atoms with Gasteiger partial charge in [-0.05, 0) is 12.5 Å². The fraction of sp³-hybridized carbons (Fsp3) is 0.273. The van der Waals surface area contributed by atoms with Crippen LogP contribution in [-0.2, 0) is 4.79 Å². The second-order valence-corrected chi connectivity index (χ2v) is 4.59. The SMILES string of the molecule is CCCC(=O)Nc1nc(-c2ccc([N+](=O)[O-])o2)cs1. The molecular formula is C11H11N3O4S. The van der Waals surface area contributed by atoms with Gasteiger partial charge < -0.3 is 9.73 Å². The maximum Gasteiger partial charge on any atom is 0.433 e. The monoisotopic (exact) mass is 281 g/mol. The van der Waals surface area contributed by atoms with E-state index in [2.05, 4.69) is 10.3 Å². The van der Waals surface area contributed by atoms with Gasteiger partial charge >= 0.3 is 5.88 Å². The number of hydrogen-bond acceptors (Lipinski definition) is 6. The van der Waals surface area contributed by atoms with E-state index in [0.717, 1.165) is 6.42 Å². The quantitative estimate of drug-likeness (QED) is 0.670. The van der Waals surface area contributed by atoms with Gasteiger partial charge in [-0.15, -0.1) is 11.3 Å². The van der Waals surface area contributed by atoms with Crippen LogP contribution < -0.4 is 5.32 Å². The van der Waals surface area contributed by atoms with Crippen LogP contribution in [-0.4, -0.2) is 15.8 Å². The van der Waals surface area contributed by atoms with Crippen molar-refractivity contribution in [2.45, 2.75) is 19.8 Å². The summed E-state index contributed by atoms with van der Waals surface area (Å²) < 4.78 is 5.03. The van der Waals surface area contributed by atoms with Crippen LogP contribution in [0.2, 0.25) is 0 Å². The molecule has 0 radical (unpaired) electrons. The molecule has 0 aliphatic carbocycles. The first-order valence-electron chi connectivity index (χ1n) is 5.60. The summed E-state index contributed by atoms with van der Waals surface area (Å²) in [7, 11) is 0. The van der Waals surface area contributed by atoms with E-state index in [1.807, 2.05) is 6.92 Å². The summed E-state index contributed by atoms with van der Waals surface area (Å²) >= 11 is 1.24. The molecule has 0 spiro atoms. The molecule has 0 aromatic carbocycles. The van der Waals surface area contributed by atoms with Crippen molar-refractivity contribution in [2.24, 2.45) is 0 Å². The summed E-state index contributed by atoms with van der Waals surface area (Å²) in [5.41, 5.74) is 0.463. The van der Waals surface area contributed by atoms with E-state index in [9.17, 15) is 14.9 Å². The first-order chi connectivity index (χ1) is 9.10. The van der Waals surface area contributed by atoms with Crippen LogP contribution in [0.25, 0.3) is 11.5 Å². The standard InChI is InChI=1S/C11H11N3O4S/c1-2-3-9(15)13-11-12-7(6-19-11)8-4-5-10(18-8)14(16)17/h4-6H,2-3H2,1H3,(H,12,13,15). The number of nitrogens with one attached hydrogen (secondary N) is 1. The molecular weight excluding hydrogens is 270 g/mol. The third-order valence-electron chi connectivity index (χ3n) is 2.25. The number of carbonyl (C=O) groups excluding carboxylic acids is 1. The van der Waals surface area contributed by atoms with Gasteiger partial charge in [0, 0.05) is 11.8 Å². The number of aromatic nitrogens is 1. The van der Waals surface area contributed by atoms with Crippen LogP contribution in [0.4, 0.5) is 11.0 Å². The molecule has 0 saturated carbocycles. The Balaban J connectivity index is 2.11. The highest BCUT2D eigenvalue weighted by Crippen LogP contribution is 2.28. The van der Waals surface area contributed by atoms with E-state index in [0.29, 0.717) is 23.0 Å². The summed E-state index contributed by atoms with van der Waals surface area (Å²) in [6.45, 7) is 1.91. The number of hydrogen-bond donors (Lipinski definition) is 1. The van der Waals surface area contributed by atoms with Crippen LogP contribution in [0.5, 0.6) is 0 Å². The highest BCUT2D eigenvalue weighted by atomic mass is 32.1. The van der Waals surface area contributed by atoms with Crippen LogP contribution >= 0.6 is 11.3 Å².